The molecule has 60 valence electrons. The van der Waals surface area contributed by atoms with Crippen LogP contribution in [0.2, 0.25) is 5.02 Å². The second kappa shape index (κ2) is 2.81. The van der Waals surface area contributed by atoms with Gasteiger partial charge in [-0.1, -0.05) is 23.7 Å². The molecule has 0 atom stereocenters. The average molecular weight is 173 g/mol. The quantitative estimate of drug-likeness (QED) is 0.631. The summed E-state index contributed by atoms with van der Waals surface area (Å²) in [7, 11) is 0. The van der Waals surface area contributed by atoms with Crippen LogP contribution in [0.3, 0.4) is 0 Å². The highest BCUT2D eigenvalue weighted by Crippen LogP contribution is 2.19. The lowest BCUT2D eigenvalue weighted by Crippen LogP contribution is -2.19. The zero-order valence-electron chi connectivity index (χ0n) is 6.08. The molecule has 0 aromatic heterocycles. The van der Waals surface area contributed by atoms with E-state index in [1.54, 1.807) is 18.2 Å². The summed E-state index contributed by atoms with van der Waals surface area (Å²) in [5.41, 5.74) is 0.394. The Kier molecular flexibility index (Phi) is 2.18. The average Bonchev–Trinajstić information content (AvgIpc) is 1.86. The first-order valence-corrected chi connectivity index (χ1v) is 3.59. The van der Waals surface area contributed by atoms with E-state index in [4.69, 9.17) is 21.8 Å². The fourth-order valence-corrected chi connectivity index (χ4v) is 0.973. The molecule has 0 aliphatic heterocycles. The van der Waals surface area contributed by atoms with E-state index in [2.05, 4.69) is 0 Å². The molecule has 1 aromatic carbocycles. The summed E-state index contributed by atoms with van der Waals surface area (Å²) >= 11 is 5.63. The third kappa shape index (κ3) is 2.19. The van der Waals surface area contributed by atoms with Gasteiger partial charge in [-0.2, -0.15) is 0 Å². The molecule has 11 heavy (non-hydrogen) atoms. The van der Waals surface area contributed by atoms with Gasteiger partial charge in [0.2, 0.25) is 0 Å². The van der Waals surface area contributed by atoms with Crippen molar-refractivity contribution in [3.63, 3.8) is 0 Å². The highest BCUT2D eigenvalue weighted by atomic mass is 35.5. The van der Waals surface area contributed by atoms with Crippen LogP contribution in [0.15, 0.2) is 24.3 Å². The van der Waals surface area contributed by atoms with Gasteiger partial charge < -0.3 is 10.2 Å². The Labute approximate surface area is 70.1 Å². The van der Waals surface area contributed by atoms with Gasteiger partial charge in [-0.05, 0) is 19.1 Å². The molecule has 0 spiro atoms. The molecule has 2 nitrogen and oxygen atoms in total. The lowest BCUT2D eigenvalue weighted by atomic mass is 10.1. The highest BCUT2D eigenvalue weighted by Gasteiger charge is 2.17. The highest BCUT2D eigenvalue weighted by molar-refractivity contribution is 6.30. The first kappa shape index (κ1) is 8.53. The van der Waals surface area contributed by atoms with Gasteiger partial charge in [0.15, 0.2) is 5.79 Å². The molecule has 0 aliphatic rings. The monoisotopic (exact) mass is 172 g/mol. The van der Waals surface area contributed by atoms with E-state index < -0.39 is 5.79 Å². The van der Waals surface area contributed by atoms with E-state index in [1.807, 2.05) is 0 Å². The van der Waals surface area contributed by atoms with Crippen LogP contribution < -0.4 is 0 Å². The lowest BCUT2D eigenvalue weighted by Gasteiger charge is -2.15. The van der Waals surface area contributed by atoms with E-state index >= 15 is 0 Å². The summed E-state index contributed by atoms with van der Waals surface area (Å²) in [4.78, 5) is 0. The summed E-state index contributed by atoms with van der Waals surface area (Å²) < 4.78 is 0. The molecule has 0 unspecified atom stereocenters. The number of benzene rings is 1. The van der Waals surface area contributed by atoms with Crippen LogP contribution in [-0.4, -0.2) is 10.2 Å². The summed E-state index contributed by atoms with van der Waals surface area (Å²) in [6.07, 6.45) is 0. The SMILES string of the molecule is CC(O)(O)c1cccc(Cl)c1. The molecule has 0 radical (unpaired) electrons. The van der Waals surface area contributed by atoms with Crippen molar-refractivity contribution in [2.45, 2.75) is 12.7 Å². The van der Waals surface area contributed by atoms with Crippen LogP contribution in [0.4, 0.5) is 0 Å². The smallest absolute Gasteiger partial charge is 0.186 e. The van der Waals surface area contributed by atoms with Gasteiger partial charge in [0.05, 0.1) is 0 Å². The van der Waals surface area contributed by atoms with E-state index in [0.29, 0.717) is 10.6 Å². The van der Waals surface area contributed by atoms with Crippen LogP contribution >= 0.6 is 11.6 Å². The minimum atomic E-state index is -1.80. The van der Waals surface area contributed by atoms with Gasteiger partial charge in [-0.3, -0.25) is 0 Å². The van der Waals surface area contributed by atoms with Crippen molar-refractivity contribution >= 4 is 11.6 Å². The maximum Gasteiger partial charge on any atom is 0.186 e. The second-order valence-corrected chi connectivity index (χ2v) is 2.97. The van der Waals surface area contributed by atoms with Crippen molar-refractivity contribution < 1.29 is 10.2 Å². The Morgan fingerprint density at radius 3 is 2.36 bits per heavy atom. The van der Waals surface area contributed by atoms with Crippen LogP contribution in [0.1, 0.15) is 12.5 Å². The minimum absolute atomic E-state index is 0.394. The van der Waals surface area contributed by atoms with E-state index in [-0.39, 0.29) is 0 Å². The number of hydrogen-bond acceptors (Lipinski definition) is 2. The molecule has 3 heteroatoms. The third-order valence-corrected chi connectivity index (χ3v) is 1.61. The molecule has 0 heterocycles. The molecular weight excluding hydrogens is 164 g/mol. The predicted octanol–water partition coefficient (Wildman–Crippen LogP) is 1.50. The van der Waals surface area contributed by atoms with Gasteiger partial charge in [0.1, 0.15) is 0 Å². The molecule has 0 saturated carbocycles. The van der Waals surface area contributed by atoms with E-state index in [1.165, 1.54) is 13.0 Å². The largest absolute Gasteiger partial charge is 0.362 e. The van der Waals surface area contributed by atoms with Crippen molar-refractivity contribution in [1.82, 2.24) is 0 Å². The first-order chi connectivity index (χ1) is 5.00. The van der Waals surface area contributed by atoms with Gasteiger partial charge in [-0.25, -0.2) is 0 Å². The Bertz CT molecular complexity index is 253. The van der Waals surface area contributed by atoms with Crippen LogP contribution in [-0.2, 0) is 5.79 Å². The summed E-state index contributed by atoms with van der Waals surface area (Å²) in [6, 6.07) is 6.46. The van der Waals surface area contributed by atoms with E-state index in [0.717, 1.165) is 0 Å². The fraction of sp³-hybridized carbons (Fsp3) is 0.250. The van der Waals surface area contributed by atoms with E-state index in [9.17, 15) is 0 Å². The molecule has 2 N–H and O–H groups in total. The molecule has 0 bridgehead atoms. The van der Waals surface area contributed by atoms with Crippen molar-refractivity contribution in [2.24, 2.45) is 0 Å². The molecule has 1 rings (SSSR count). The van der Waals surface area contributed by atoms with Crippen molar-refractivity contribution in [3.8, 4) is 0 Å². The van der Waals surface area contributed by atoms with Crippen molar-refractivity contribution in [3.05, 3.63) is 34.9 Å². The van der Waals surface area contributed by atoms with Crippen LogP contribution in [0, 0.1) is 0 Å². The van der Waals surface area contributed by atoms with Gasteiger partial charge in [0, 0.05) is 10.6 Å². The summed E-state index contributed by atoms with van der Waals surface area (Å²) in [6.45, 7) is 1.29. The van der Waals surface area contributed by atoms with Gasteiger partial charge in [-0.15, -0.1) is 0 Å². The first-order valence-electron chi connectivity index (χ1n) is 3.21. The summed E-state index contributed by atoms with van der Waals surface area (Å²) in [5.74, 6) is -1.80. The van der Waals surface area contributed by atoms with Crippen molar-refractivity contribution in [2.75, 3.05) is 0 Å². The molecule has 0 aliphatic carbocycles. The lowest BCUT2D eigenvalue weighted by molar-refractivity contribution is -0.152. The van der Waals surface area contributed by atoms with Gasteiger partial charge in [0.25, 0.3) is 0 Å². The molecule has 0 saturated heterocycles. The van der Waals surface area contributed by atoms with Gasteiger partial charge >= 0.3 is 0 Å². The molecule has 0 fully saturated rings. The number of halogens is 1. The maximum absolute atomic E-state index is 9.11. The Hall–Kier alpha value is -0.570. The Balaban J connectivity index is 3.06. The minimum Gasteiger partial charge on any atom is -0.362 e. The number of aliphatic hydroxyl groups is 2. The van der Waals surface area contributed by atoms with Crippen molar-refractivity contribution in [1.29, 1.82) is 0 Å². The fourth-order valence-electron chi connectivity index (χ4n) is 0.783. The predicted molar refractivity (Wildman–Crippen MR) is 43.2 cm³/mol. The summed E-state index contributed by atoms with van der Waals surface area (Å²) in [5, 5.41) is 18.7. The standard InChI is InChI=1S/C8H9ClO2/c1-8(10,11)6-3-2-4-7(9)5-6/h2-5,10-11H,1H3. The topological polar surface area (TPSA) is 40.5 Å². The second-order valence-electron chi connectivity index (χ2n) is 2.53. The maximum atomic E-state index is 9.11. The normalized spacial score (nSPS) is 11.6. The number of hydrogen-bond donors (Lipinski definition) is 2. The molecular formula is C8H9ClO2. The number of rotatable bonds is 1. The zero-order valence-corrected chi connectivity index (χ0v) is 6.84. The third-order valence-electron chi connectivity index (χ3n) is 1.37. The zero-order chi connectivity index (χ0) is 8.48. The van der Waals surface area contributed by atoms with Crippen LogP contribution in [0.5, 0.6) is 0 Å². The Morgan fingerprint density at radius 2 is 2.00 bits per heavy atom. The van der Waals surface area contributed by atoms with Crippen LogP contribution in [0.25, 0.3) is 0 Å². The Morgan fingerprint density at radius 1 is 1.36 bits per heavy atom. The molecule has 1 aromatic rings. The molecule has 0 amide bonds.